The summed E-state index contributed by atoms with van der Waals surface area (Å²) in [6, 6.07) is 5.81. The third-order valence-corrected chi connectivity index (χ3v) is 3.62. The zero-order valence-electron chi connectivity index (χ0n) is 11.2. The Bertz CT molecular complexity index is 557. The van der Waals surface area contributed by atoms with E-state index >= 15 is 0 Å². The van der Waals surface area contributed by atoms with Crippen LogP contribution >= 0.6 is 11.6 Å². The summed E-state index contributed by atoms with van der Waals surface area (Å²) in [4.78, 5) is 4.69. The average molecular weight is 266 g/mol. The van der Waals surface area contributed by atoms with Crippen molar-refractivity contribution in [3.05, 3.63) is 29.0 Å². The number of hydrogen-bond acceptors (Lipinski definition) is 2. The molecular weight excluding hydrogens is 246 g/mol. The van der Waals surface area contributed by atoms with E-state index in [1.54, 1.807) is 0 Å². The molecule has 0 amide bonds. The molecule has 0 aliphatic heterocycles. The molecule has 2 rings (SSSR count). The van der Waals surface area contributed by atoms with E-state index in [1.165, 1.54) is 0 Å². The number of aromatic nitrogens is 2. The fourth-order valence-electron chi connectivity index (χ4n) is 2.52. The van der Waals surface area contributed by atoms with Crippen molar-refractivity contribution in [2.24, 2.45) is 5.73 Å². The first kappa shape index (κ1) is 13.4. The number of imidazole rings is 1. The fourth-order valence-corrected chi connectivity index (χ4v) is 2.79. The van der Waals surface area contributed by atoms with Crippen LogP contribution in [0.25, 0.3) is 11.0 Å². The third-order valence-electron chi connectivity index (χ3n) is 3.31. The van der Waals surface area contributed by atoms with Crippen molar-refractivity contribution in [3.63, 3.8) is 0 Å². The average Bonchev–Trinajstić information content (AvgIpc) is 2.69. The van der Waals surface area contributed by atoms with Gasteiger partial charge in [-0.1, -0.05) is 31.0 Å². The van der Waals surface area contributed by atoms with Gasteiger partial charge in [0.05, 0.1) is 21.6 Å². The quantitative estimate of drug-likeness (QED) is 0.916. The van der Waals surface area contributed by atoms with E-state index in [2.05, 4.69) is 23.4 Å². The third kappa shape index (κ3) is 2.13. The SMILES string of the molecule is CCCC(C)(N)c1nc2cccc(Cl)c2n1CC. The molecule has 0 aliphatic carbocycles. The van der Waals surface area contributed by atoms with Gasteiger partial charge in [0.25, 0.3) is 0 Å². The molecule has 0 fully saturated rings. The molecule has 1 heterocycles. The molecule has 0 saturated heterocycles. The molecule has 4 heteroatoms. The highest BCUT2D eigenvalue weighted by Crippen LogP contribution is 2.30. The maximum Gasteiger partial charge on any atom is 0.129 e. The number of hydrogen-bond donors (Lipinski definition) is 1. The van der Waals surface area contributed by atoms with Crippen LogP contribution in [0, 0.1) is 0 Å². The maximum absolute atomic E-state index is 6.41. The Kier molecular flexibility index (Phi) is 3.64. The molecule has 0 aliphatic rings. The van der Waals surface area contributed by atoms with Crippen LogP contribution in [0.3, 0.4) is 0 Å². The van der Waals surface area contributed by atoms with Crippen molar-refractivity contribution in [1.29, 1.82) is 0 Å². The molecule has 18 heavy (non-hydrogen) atoms. The second kappa shape index (κ2) is 4.90. The minimum atomic E-state index is -0.410. The lowest BCUT2D eigenvalue weighted by Crippen LogP contribution is -2.36. The van der Waals surface area contributed by atoms with Crippen molar-refractivity contribution in [3.8, 4) is 0 Å². The standard InChI is InChI=1S/C14H20ClN3/c1-4-9-14(3,16)13-17-11-8-6-7-10(15)12(11)18(13)5-2/h6-8H,4-5,9,16H2,1-3H3. The summed E-state index contributed by atoms with van der Waals surface area (Å²) in [5, 5.41) is 0.736. The Labute approximate surface area is 113 Å². The molecular formula is C14H20ClN3. The van der Waals surface area contributed by atoms with Gasteiger partial charge in [-0.3, -0.25) is 0 Å². The highest BCUT2D eigenvalue weighted by molar-refractivity contribution is 6.35. The van der Waals surface area contributed by atoms with Crippen LogP contribution in [0.15, 0.2) is 18.2 Å². The second-order valence-corrected chi connectivity index (χ2v) is 5.36. The summed E-state index contributed by atoms with van der Waals surface area (Å²) < 4.78 is 2.13. The van der Waals surface area contributed by atoms with Gasteiger partial charge in [0.1, 0.15) is 5.82 Å². The van der Waals surface area contributed by atoms with E-state index in [9.17, 15) is 0 Å². The van der Waals surface area contributed by atoms with Gasteiger partial charge in [-0.25, -0.2) is 4.98 Å². The number of nitrogens with two attached hydrogens (primary N) is 1. The van der Waals surface area contributed by atoms with E-state index in [-0.39, 0.29) is 0 Å². The first-order chi connectivity index (χ1) is 8.51. The molecule has 2 N–H and O–H groups in total. The summed E-state index contributed by atoms with van der Waals surface area (Å²) in [6.45, 7) is 7.09. The number of para-hydroxylation sites is 1. The molecule has 0 bridgehead atoms. The van der Waals surface area contributed by atoms with E-state index < -0.39 is 5.54 Å². The number of halogens is 1. The van der Waals surface area contributed by atoms with Crippen LogP contribution in [-0.2, 0) is 12.1 Å². The van der Waals surface area contributed by atoms with Gasteiger partial charge in [0.2, 0.25) is 0 Å². The van der Waals surface area contributed by atoms with Gasteiger partial charge < -0.3 is 10.3 Å². The molecule has 1 unspecified atom stereocenters. The first-order valence-corrected chi connectivity index (χ1v) is 6.83. The van der Waals surface area contributed by atoms with Crippen molar-refractivity contribution >= 4 is 22.6 Å². The summed E-state index contributed by atoms with van der Waals surface area (Å²) in [6.07, 6.45) is 1.95. The second-order valence-electron chi connectivity index (χ2n) is 4.95. The Balaban J connectivity index is 2.68. The van der Waals surface area contributed by atoms with Crippen LogP contribution < -0.4 is 5.73 Å². The van der Waals surface area contributed by atoms with Gasteiger partial charge in [-0.2, -0.15) is 0 Å². The van der Waals surface area contributed by atoms with Crippen LogP contribution in [-0.4, -0.2) is 9.55 Å². The summed E-state index contributed by atoms with van der Waals surface area (Å²) >= 11 is 6.28. The summed E-state index contributed by atoms with van der Waals surface area (Å²) in [5.41, 5.74) is 7.92. The molecule has 2 aromatic rings. The van der Waals surface area contributed by atoms with Crippen molar-refractivity contribution in [1.82, 2.24) is 9.55 Å². The lowest BCUT2D eigenvalue weighted by Gasteiger charge is -2.24. The monoisotopic (exact) mass is 265 g/mol. The van der Waals surface area contributed by atoms with Crippen LogP contribution in [0.2, 0.25) is 5.02 Å². The molecule has 1 aromatic heterocycles. The van der Waals surface area contributed by atoms with Crippen LogP contribution in [0.4, 0.5) is 0 Å². The van der Waals surface area contributed by atoms with Gasteiger partial charge >= 0.3 is 0 Å². The van der Waals surface area contributed by atoms with E-state index in [0.717, 1.165) is 41.3 Å². The Morgan fingerprint density at radius 3 is 2.72 bits per heavy atom. The fraction of sp³-hybridized carbons (Fsp3) is 0.500. The Hall–Kier alpha value is -1.06. The van der Waals surface area contributed by atoms with Crippen molar-refractivity contribution < 1.29 is 0 Å². The molecule has 0 spiro atoms. The predicted octanol–water partition coefficient (Wildman–Crippen LogP) is 3.68. The molecule has 0 radical (unpaired) electrons. The van der Waals surface area contributed by atoms with Gasteiger partial charge in [-0.05, 0) is 32.4 Å². The lowest BCUT2D eigenvalue weighted by atomic mass is 9.96. The minimum absolute atomic E-state index is 0.410. The first-order valence-electron chi connectivity index (χ1n) is 6.45. The van der Waals surface area contributed by atoms with Gasteiger partial charge in [-0.15, -0.1) is 0 Å². The zero-order chi connectivity index (χ0) is 13.3. The molecule has 0 saturated carbocycles. The van der Waals surface area contributed by atoms with Crippen LogP contribution in [0.1, 0.15) is 39.4 Å². The molecule has 3 nitrogen and oxygen atoms in total. The molecule has 1 atom stereocenters. The number of aryl methyl sites for hydroxylation is 1. The predicted molar refractivity (Wildman–Crippen MR) is 76.9 cm³/mol. The highest BCUT2D eigenvalue weighted by Gasteiger charge is 2.27. The number of fused-ring (bicyclic) bond motifs is 1. The van der Waals surface area contributed by atoms with Gasteiger partial charge in [0.15, 0.2) is 0 Å². The van der Waals surface area contributed by atoms with Crippen molar-refractivity contribution in [2.75, 3.05) is 0 Å². The summed E-state index contributed by atoms with van der Waals surface area (Å²) in [5.74, 6) is 0.926. The zero-order valence-corrected chi connectivity index (χ0v) is 12.0. The van der Waals surface area contributed by atoms with E-state index in [1.807, 2.05) is 25.1 Å². The normalized spacial score (nSPS) is 14.9. The topological polar surface area (TPSA) is 43.8 Å². The van der Waals surface area contributed by atoms with Crippen LogP contribution in [0.5, 0.6) is 0 Å². The molecule has 98 valence electrons. The number of nitrogens with zero attached hydrogens (tertiary/aromatic N) is 2. The number of benzene rings is 1. The largest absolute Gasteiger partial charge is 0.325 e. The maximum atomic E-state index is 6.41. The smallest absolute Gasteiger partial charge is 0.129 e. The van der Waals surface area contributed by atoms with E-state index in [0.29, 0.717) is 0 Å². The minimum Gasteiger partial charge on any atom is -0.325 e. The number of rotatable bonds is 4. The Morgan fingerprint density at radius 2 is 2.11 bits per heavy atom. The lowest BCUT2D eigenvalue weighted by molar-refractivity contribution is 0.403. The Morgan fingerprint density at radius 1 is 1.39 bits per heavy atom. The summed E-state index contributed by atoms with van der Waals surface area (Å²) in [7, 11) is 0. The van der Waals surface area contributed by atoms with Gasteiger partial charge in [0, 0.05) is 6.54 Å². The van der Waals surface area contributed by atoms with E-state index in [4.69, 9.17) is 17.3 Å². The van der Waals surface area contributed by atoms with Crippen molar-refractivity contribution in [2.45, 2.75) is 45.7 Å². The highest BCUT2D eigenvalue weighted by atomic mass is 35.5. The molecule has 1 aromatic carbocycles.